The molecule has 0 unspecified atom stereocenters. The summed E-state index contributed by atoms with van der Waals surface area (Å²) in [7, 11) is 0. The highest BCUT2D eigenvalue weighted by Gasteiger charge is 2.47. The Kier molecular flexibility index (Phi) is 4.20. The third kappa shape index (κ3) is 2.61. The topological polar surface area (TPSA) is 158 Å². The zero-order chi connectivity index (χ0) is 17.4. The summed E-state index contributed by atoms with van der Waals surface area (Å²) in [5.74, 6) is -0.813. The molecule has 0 aromatic carbocycles. The van der Waals surface area contributed by atoms with Gasteiger partial charge < -0.3 is 20.3 Å². The van der Waals surface area contributed by atoms with E-state index in [-0.39, 0.29) is 29.6 Å². The number of hydrogen-bond donors (Lipinski definition) is 3. The first kappa shape index (κ1) is 16.3. The van der Waals surface area contributed by atoms with Crippen LogP contribution in [-0.4, -0.2) is 54.9 Å². The van der Waals surface area contributed by atoms with Gasteiger partial charge in [0.15, 0.2) is 23.5 Å². The van der Waals surface area contributed by atoms with E-state index in [1.54, 1.807) is 0 Å². The van der Waals surface area contributed by atoms with E-state index in [2.05, 4.69) is 20.3 Å². The van der Waals surface area contributed by atoms with E-state index in [9.17, 15) is 14.7 Å². The highest BCUT2D eigenvalue weighted by molar-refractivity contribution is 5.69. The van der Waals surface area contributed by atoms with Crippen LogP contribution >= 0.6 is 0 Å². The number of aromatic nitrogens is 5. The van der Waals surface area contributed by atoms with E-state index < -0.39 is 30.0 Å². The number of esters is 1. The lowest BCUT2D eigenvalue weighted by atomic mass is 9.95. The van der Waals surface area contributed by atoms with Crippen LogP contribution < -0.4 is 11.3 Å². The van der Waals surface area contributed by atoms with E-state index in [1.165, 1.54) is 11.6 Å². The number of carbonyl (C=O) groups excluding carboxylic acids is 1. The maximum atomic E-state index is 11.9. The first-order valence-electron chi connectivity index (χ1n) is 7.50. The van der Waals surface area contributed by atoms with Gasteiger partial charge in [-0.1, -0.05) is 12.1 Å². The van der Waals surface area contributed by atoms with Crippen molar-refractivity contribution in [3.8, 4) is 0 Å². The first-order valence-corrected chi connectivity index (χ1v) is 7.50. The predicted octanol–water partition coefficient (Wildman–Crippen LogP) is -1.06. The number of ether oxygens (including phenoxy) is 2. The fraction of sp³-hybridized carbons (Fsp3) is 0.615. The Labute approximate surface area is 135 Å². The molecule has 0 aliphatic carbocycles. The molecule has 0 bridgehead atoms. The average molecular weight is 338 g/mol. The lowest BCUT2D eigenvalue weighted by Gasteiger charge is -2.22. The van der Waals surface area contributed by atoms with Crippen molar-refractivity contribution in [3.63, 3.8) is 0 Å². The number of fused-ring (bicyclic) bond motifs is 1. The Bertz CT molecular complexity index is 817. The standard InChI is InChI=1S/C13H18N6O5/c1-3-6-7(4-20)24-12(9(6)23-5(2)21)19-10-8(17-18-19)11(22)16-13(14)15-10/h6-7,9,12,20H,3-4H2,1-2H3,(H3,14,15,16,22)/t6-,7-,9-,12-/m1/s1. The third-order valence-electron chi connectivity index (χ3n) is 4.04. The van der Waals surface area contributed by atoms with Gasteiger partial charge in [0, 0.05) is 12.8 Å². The Balaban J connectivity index is 2.09. The summed E-state index contributed by atoms with van der Waals surface area (Å²) in [5, 5.41) is 17.2. The molecule has 3 rings (SSSR count). The molecule has 1 saturated heterocycles. The summed E-state index contributed by atoms with van der Waals surface area (Å²) < 4.78 is 12.4. The summed E-state index contributed by atoms with van der Waals surface area (Å²) in [4.78, 5) is 29.7. The van der Waals surface area contributed by atoms with Crippen LogP contribution in [0.3, 0.4) is 0 Å². The second-order valence-electron chi connectivity index (χ2n) is 5.55. The molecule has 130 valence electrons. The predicted molar refractivity (Wildman–Crippen MR) is 80.7 cm³/mol. The molecule has 0 amide bonds. The highest BCUT2D eigenvalue weighted by atomic mass is 16.6. The summed E-state index contributed by atoms with van der Waals surface area (Å²) in [5.41, 5.74) is 5.15. The molecular formula is C13H18N6O5. The van der Waals surface area contributed by atoms with Crippen LogP contribution in [0.25, 0.3) is 11.2 Å². The minimum atomic E-state index is -0.866. The van der Waals surface area contributed by atoms with Gasteiger partial charge in [0.2, 0.25) is 5.95 Å². The lowest BCUT2D eigenvalue weighted by molar-refractivity contribution is -0.154. The molecule has 0 spiro atoms. The van der Waals surface area contributed by atoms with Gasteiger partial charge in [-0.25, -0.2) is 0 Å². The van der Waals surface area contributed by atoms with Crippen molar-refractivity contribution < 1.29 is 19.4 Å². The van der Waals surface area contributed by atoms with Crippen LogP contribution in [0.2, 0.25) is 0 Å². The molecule has 11 heteroatoms. The quantitative estimate of drug-likeness (QED) is 0.591. The summed E-state index contributed by atoms with van der Waals surface area (Å²) in [6.07, 6.45) is -1.49. The zero-order valence-electron chi connectivity index (χ0n) is 13.2. The number of nitrogens with zero attached hydrogens (tertiary/aromatic N) is 4. The van der Waals surface area contributed by atoms with E-state index in [0.29, 0.717) is 6.42 Å². The smallest absolute Gasteiger partial charge is 0.303 e. The molecule has 1 aliphatic rings. The molecule has 1 aliphatic heterocycles. The SMILES string of the molecule is CC[C@H]1[C@@H](OC(C)=O)[C@H](n2nnc3c(=O)[nH]c(N)nc32)O[C@@H]1CO. The Hall–Kier alpha value is -2.53. The Morgan fingerprint density at radius 3 is 2.92 bits per heavy atom. The second kappa shape index (κ2) is 6.17. The monoisotopic (exact) mass is 338 g/mol. The number of nitrogen functional groups attached to an aromatic ring is 1. The molecule has 2 aromatic heterocycles. The van der Waals surface area contributed by atoms with Crippen LogP contribution in [0.15, 0.2) is 4.79 Å². The Morgan fingerprint density at radius 1 is 1.54 bits per heavy atom. The zero-order valence-corrected chi connectivity index (χ0v) is 13.2. The minimum absolute atomic E-state index is 0.00475. The van der Waals surface area contributed by atoms with E-state index in [1.807, 2.05) is 6.92 Å². The lowest BCUT2D eigenvalue weighted by Crippen LogP contribution is -2.32. The van der Waals surface area contributed by atoms with Crippen LogP contribution in [0.4, 0.5) is 5.95 Å². The molecule has 3 heterocycles. The number of hydrogen-bond acceptors (Lipinski definition) is 9. The molecular weight excluding hydrogens is 320 g/mol. The van der Waals surface area contributed by atoms with E-state index in [4.69, 9.17) is 15.2 Å². The number of H-pyrrole nitrogens is 1. The number of aliphatic hydroxyl groups is 1. The first-order chi connectivity index (χ1) is 11.5. The number of nitrogens with two attached hydrogens (primary N) is 1. The van der Waals surface area contributed by atoms with Crippen LogP contribution in [0, 0.1) is 5.92 Å². The van der Waals surface area contributed by atoms with Gasteiger partial charge in [0.1, 0.15) is 0 Å². The van der Waals surface area contributed by atoms with Crippen LogP contribution in [0.1, 0.15) is 26.5 Å². The largest absolute Gasteiger partial charge is 0.457 e. The van der Waals surface area contributed by atoms with Gasteiger partial charge in [-0.05, 0) is 6.42 Å². The molecule has 4 atom stereocenters. The molecule has 11 nitrogen and oxygen atoms in total. The van der Waals surface area contributed by atoms with Gasteiger partial charge in [0.05, 0.1) is 12.7 Å². The van der Waals surface area contributed by atoms with E-state index >= 15 is 0 Å². The van der Waals surface area contributed by atoms with Crippen LogP contribution in [-0.2, 0) is 14.3 Å². The van der Waals surface area contributed by atoms with Gasteiger partial charge in [-0.15, -0.1) is 5.10 Å². The second-order valence-corrected chi connectivity index (χ2v) is 5.55. The third-order valence-corrected chi connectivity index (χ3v) is 4.04. The van der Waals surface area contributed by atoms with Gasteiger partial charge in [-0.3, -0.25) is 14.6 Å². The number of aliphatic hydroxyl groups excluding tert-OH is 1. The van der Waals surface area contributed by atoms with Crippen molar-refractivity contribution in [2.24, 2.45) is 5.92 Å². The summed E-state index contributed by atoms with van der Waals surface area (Å²) >= 11 is 0. The van der Waals surface area contributed by atoms with Crippen molar-refractivity contribution in [2.45, 2.75) is 38.7 Å². The maximum absolute atomic E-state index is 11.9. The molecule has 2 aromatic rings. The van der Waals surface area contributed by atoms with Gasteiger partial charge in [-0.2, -0.15) is 9.67 Å². The van der Waals surface area contributed by atoms with Gasteiger partial charge in [0.25, 0.3) is 5.56 Å². The fourth-order valence-corrected chi connectivity index (χ4v) is 3.02. The number of nitrogens with one attached hydrogen (secondary N) is 1. The Morgan fingerprint density at radius 2 is 2.29 bits per heavy atom. The van der Waals surface area contributed by atoms with Crippen molar-refractivity contribution in [1.29, 1.82) is 0 Å². The molecule has 0 saturated carbocycles. The van der Waals surface area contributed by atoms with Crippen molar-refractivity contribution in [3.05, 3.63) is 10.4 Å². The van der Waals surface area contributed by atoms with Crippen LogP contribution in [0.5, 0.6) is 0 Å². The number of carbonyl (C=O) groups is 1. The summed E-state index contributed by atoms with van der Waals surface area (Å²) in [6, 6.07) is 0. The number of anilines is 1. The molecule has 24 heavy (non-hydrogen) atoms. The fourth-order valence-electron chi connectivity index (χ4n) is 3.02. The van der Waals surface area contributed by atoms with Crippen molar-refractivity contribution >= 4 is 23.1 Å². The minimum Gasteiger partial charge on any atom is -0.457 e. The maximum Gasteiger partial charge on any atom is 0.303 e. The highest BCUT2D eigenvalue weighted by Crippen LogP contribution is 2.38. The number of rotatable bonds is 4. The number of aromatic amines is 1. The van der Waals surface area contributed by atoms with Crippen molar-refractivity contribution in [2.75, 3.05) is 12.3 Å². The van der Waals surface area contributed by atoms with Crippen molar-refractivity contribution in [1.82, 2.24) is 25.0 Å². The summed E-state index contributed by atoms with van der Waals surface area (Å²) in [6.45, 7) is 2.95. The average Bonchev–Trinajstić information content (AvgIpc) is 3.07. The molecule has 1 fully saturated rings. The van der Waals surface area contributed by atoms with E-state index in [0.717, 1.165) is 0 Å². The molecule has 0 radical (unpaired) electrons. The van der Waals surface area contributed by atoms with Gasteiger partial charge >= 0.3 is 5.97 Å². The molecule has 4 N–H and O–H groups in total. The normalized spacial score (nSPS) is 26.8.